The van der Waals surface area contributed by atoms with Gasteiger partial charge in [-0.1, -0.05) is 43.3 Å². The second-order valence-electron chi connectivity index (χ2n) is 6.77. The topological polar surface area (TPSA) is 81.1 Å². The average molecular weight is 398 g/mol. The summed E-state index contributed by atoms with van der Waals surface area (Å²) in [5.74, 6) is 0.289. The molecule has 0 radical (unpaired) electrons. The van der Waals surface area contributed by atoms with E-state index in [0.29, 0.717) is 23.5 Å². The molecular formula is C21H23N3O3S. The number of rotatable bonds is 7. The van der Waals surface area contributed by atoms with Crippen LogP contribution in [0.1, 0.15) is 34.0 Å². The van der Waals surface area contributed by atoms with E-state index < -0.39 is 9.84 Å². The SMILES string of the molecule is CCc1ccc(Cn2nccc2NC(=O)c2ccc(CS(C)(=O)=O)cc2)cc1. The molecule has 1 amide bonds. The number of hydrogen-bond donors (Lipinski definition) is 1. The van der Waals surface area contributed by atoms with Gasteiger partial charge in [-0.2, -0.15) is 5.10 Å². The summed E-state index contributed by atoms with van der Waals surface area (Å²) in [6, 6.07) is 16.6. The molecule has 0 aliphatic carbocycles. The highest BCUT2D eigenvalue weighted by Gasteiger charge is 2.11. The molecule has 0 aliphatic heterocycles. The monoisotopic (exact) mass is 397 g/mol. The summed E-state index contributed by atoms with van der Waals surface area (Å²) < 4.78 is 24.5. The third-order valence-electron chi connectivity index (χ3n) is 4.37. The molecule has 0 saturated heterocycles. The van der Waals surface area contributed by atoms with Crippen molar-refractivity contribution in [3.8, 4) is 0 Å². The smallest absolute Gasteiger partial charge is 0.256 e. The molecule has 1 heterocycles. The number of aromatic nitrogens is 2. The molecule has 1 N–H and O–H groups in total. The molecule has 3 aromatic rings. The molecule has 1 aromatic heterocycles. The summed E-state index contributed by atoms with van der Waals surface area (Å²) in [6.07, 6.45) is 3.82. The van der Waals surface area contributed by atoms with Crippen molar-refractivity contribution in [1.29, 1.82) is 0 Å². The van der Waals surface area contributed by atoms with Crippen molar-refractivity contribution in [2.24, 2.45) is 0 Å². The van der Waals surface area contributed by atoms with Gasteiger partial charge in [-0.25, -0.2) is 13.1 Å². The fraction of sp³-hybridized carbons (Fsp3) is 0.238. The first-order valence-electron chi connectivity index (χ1n) is 9.01. The Labute approximate surface area is 165 Å². The molecule has 28 heavy (non-hydrogen) atoms. The van der Waals surface area contributed by atoms with E-state index in [4.69, 9.17) is 0 Å². The van der Waals surface area contributed by atoms with E-state index >= 15 is 0 Å². The molecule has 3 rings (SSSR count). The van der Waals surface area contributed by atoms with Gasteiger partial charge in [0.15, 0.2) is 9.84 Å². The van der Waals surface area contributed by atoms with Gasteiger partial charge in [-0.05, 0) is 35.2 Å². The van der Waals surface area contributed by atoms with Crippen LogP contribution in [0, 0.1) is 0 Å². The standard InChI is InChI=1S/C21H23N3O3S/c1-3-16-4-6-17(7-5-16)14-24-20(12-13-22-24)23-21(25)19-10-8-18(9-11-19)15-28(2,26)27/h4-13H,3,14-15H2,1-2H3,(H,23,25). The Hall–Kier alpha value is -2.93. The molecule has 0 unspecified atom stereocenters. The third kappa shape index (κ3) is 5.29. The number of benzene rings is 2. The molecule has 0 saturated carbocycles. The molecule has 0 aliphatic rings. The second kappa shape index (κ2) is 8.39. The fourth-order valence-electron chi connectivity index (χ4n) is 2.86. The van der Waals surface area contributed by atoms with Crippen LogP contribution in [0.3, 0.4) is 0 Å². The normalized spacial score (nSPS) is 11.4. The molecule has 0 spiro atoms. The summed E-state index contributed by atoms with van der Waals surface area (Å²) in [4.78, 5) is 12.5. The Morgan fingerprint density at radius 3 is 2.18 bits per heavy atom. The molecular weight excluding hydrogens is 374 g/mol. The highest BCUT2D eigenvalue weighted by molar-refractivity contribution is 7.89. The molecule has 0 atom stereocenters. The quantitative estimate of drug-likeness (QED) is 0.663. The van der Waals surface area contributed by atoms with Crippen molar-refractivity contribution in [1.82, 2.24) is 9.78 Å². The van der Waals surface area contributed by atoms with Crippen molar-refractivity contribution in [2.75, 3.05) is 11.6 Å². The Morgan fingerprint density at radius 2 is 1.57 bits per heavy atom. The maximum Gasteiger partial charge on any atom is 0.256 e. The predicted octanol–water partition coefficient (Wildman–Crippen LogP) is 3.29. The van der Waals surface area contributed by atoms with Gasteiger partial charge < -0.3 is 5.32 Å². The first kappa shape index (κ1) is 19.8. The van der Waals surface area contributed by atoms with Crippen LogP contribution in [0.25, 0.3) is 0 Å². The van der Waals surface area contributed by atoms with Crippen molar-refractivity contribution in [3.63, 3.8) is 0 Å². The number of amides is 1. The number of carbonyl (C=O) groups is 1. The Balaban J connectivity index is 1.68. The van der Waals surface area contributed by atoms with Crippen LogP contribution in [0.4, 0.5) is 5.82 Å². The van der Waals surface area contributed by atoms with Gasteiger partial charge in [-0.3, -0.25) is 4.79 Å². The van der Waals surface area contributed by atoms with Crippen molar-refractivity contribution in [2.45, 2.75) is 25.6 Å². The van der Waals surface area contributed by atoms with E-state index in [2.05, 4.69) is 41.6 Å². The first-order chi connectivity index (χ1) is 13.3. The van der Waals surface area contributed by atoms with E-state index in [1.807, 2.05) is 0 Å². The van der Waals surface area contributed by atoms with Crippen LogP contribution in [0.2, 0.25) is 0 Å². The molecule has 0 fully saturated rings. The maximum atomic E-state index is 12.5. The number of aryl methyl sites for hydroxylation is 1. The van der Waals surface area contributed by atoms with Gasteiger partial charge in [0.25, 0.3) is 5.91 Å². The van der Waals surface area contributed by atoms with E-state index in [1.54, 1.807) is 41.2 Å². The van der Waals surface area contributed by atoms with Crippen molar-refractivity contribution in [3.05, 3.63) is 83.0 Å². The van der Waals surface area contributed by atoms with E-state index in [1.165, 1.54) is 11.8 Å². The lowest BCUT2D eigenvalue weighted by molar-refractivity contribution is 0.102. The van der Waals surface area contributed by atoms with Gasteiger partial charge in [0.1, 0.15) is 5.82 Å². The number of nitrogens with zero attached hydrogens (tertiary/aromatic N) is 2. The fourth-order valence-corrected chi connectivity index (χ4v) is 3.66. The second-order valence-corrected chi connectivity index (χ2v) is 8.91. The first-order valence-corrected chi connectivity index (χ1v) is 11.1. The van der Waals surface area contributed by atoms with E-state index in [9.17, 15) is 13.2 Å². The zero-order valence-corrected chi connectivity index (χ0v) is 16.7. The van der Waals surface area contributed by atoms with Gasteiger partial charge in [-0.15, -0.1) is 0 Å². The van der Waals surface area contributed by atoms with Crippen LogP contribution in [-0.4, -0.2) is 30.4 Å². The Kier molecular flexibility index (Phi) is 5.94. The van der Waals surface area contributed by atoms with Gasteiger partial charge in [0.2, 0.25) is 0 Å². The summed E-state index contributed by atoms with van der Waals surface area (Å²) in [6.45, 7) is 2.67. The average Bonchev–Trinajstić information content (AvgIpc) is 3.08. The lowest BCUT2D eigenvalue weighted by Crippen LogP contribution is -2.16. The summed E-state index contributed by atoms with van der Waals surface area (Å²) in [7, 11) is -3.10. The number of nitrogens with one attached hydrogen (secondary N) is 1. The highest BCUT2D eigenvalue weighted by atomic mass is 32.2. The molecule has 6 nitrogen and oxygen atoms in total. The Bertz CT molecular complexity index is 1050. The number of anilines is 1. The van der Waals surface area contributed by atoms with Crippen molar-refractivity contribution < 1.29 is 13.2 Å². The van der Waals surface area contributed by atoms with Gasteiger partial charge >= 0.3 is 0 Å². The lowest BCUT2D eigenvalue weighted by Gasteiger charge is -2.10. The minimum absolute atomic E-state index is 0.0432. The van der Waals surface area contributed by atoms with E-state index in [-0.39, 0.29) is 11.7 Å². The lowest BCUT2D eigenvalue weighted by atomic mass is 10.1. The number of hydrogen-bond acceptors (Lipinski definition) is 4. The van der Waals surface area contributed by atoms with Gasteiger partial charge in [0, 0.05) is 17.9 Å². The van der Waals surface area contributed by atoms with Crippen LogP contribution in [-0.2, 0) is 28.6 Å². The summed E-state index contributed by atoms with van der Waals surface area (Å²) in [5.41, 5.74) is 3.48. The minimum Gasteiger partial charge on any atom is -0.307 e. The largest absolute Gasteiger partial charge is 0.307 e. The molecule has 2 aromatic carbocycles. The molecule has 7 heteroatoms. The minimum atomic E-state index is -3.10. The van der Waals surface area contributed by atoms with E-state index in [0.717, 1.165) is 12.0 Å². The van der Waals surface area contributed by atoms with Crippen LogP contribution < -0.4 is 5.32 Å². The van der Waals surface area contributed by atoms with Crippen molar-refractivity contribution >= 4 is 21.6 Å². The van der Waals surface area contributed by atoms with Crippen LogP contribution >= 0.6 is 0 Å². The van der Waals surface area contributed by atoms with Crippen LogP contribution in [0.15, 0.2) is 60.8 Å². The summed E-state index contributed by atoms with van der Waals surface area (Å²) >= 11 is 0. The maximum absolute atomic E-state index is 12.5. The third-order valence-corrected chi connectivity index (χ3v) is 5.22. The Morgan fingerprint density at radius 1 is 0.964 bits per heavy atom. The number of sulfone groups is 1. The zero-order chi connectivity index (χ0) is 20.1. The summed E-state index contributed by atoms with van der Waals surface area (Å²) in [5, 5.41) is 7.15. The van der Waals surface area contributed by atoms with Gasteiger partial charge in [0.05, 0.1) is 18.5 Å². The molecule has 0 bridgehead atoms. The molecule has 146 valence electrons. The van der Waals surface area contributed by atoms with Crippen LogP contribution in [0.5, 0.6) is 0 Å². The number of carbonyl (C=O) groups excluding carboxylic acids is 1. The highest BCUT2D eigenvalue weighted by Crippen LogP contribution is 2.14. The predicted molar refractivity (Wildman–Crippen MR) is 110 cm³/mol. The zero-order valence-electron chi connectivity index (χ0n) is 15.9.